The molecule has 1 saturated heterocycles. The van der Waals surface area contributed by atoms with Gasteiger partial charge >= 0.3 is 0 Å². The Kier molecular flexibility index (Phi) is 3.94. The molecule has 0 unspecified atom stereocenters. The second-order valence-electron chi connectivity index (χ2n) is 7.65. The number of anilines is 1. The zero-order valence-corrected chi connectivity index (χ0v) is 15.1. The fourth-order valence-corrected chi connectivity index (χ4v) is 6.15. The molecule has 128 valence electrons. The molecule has 0 bridgehead atoms. The van der Waals surface area contributed by atoms with Gasteiger partial charge < -0.3 is 10.2 Å². The van der Waals surface area contributed by atoms with E-state index in [4.69, 9.17) is 0 Å². The minimum Gasteiger partial charge on any atom is -0.367 e. The molecule has 0 atom stereocenters. The van der Waals surface area contributed by atoms with E-state index in [0.717, 1.165) is 11.9 Å². The third-order valence-electron chi connectivity index (χ3n) is 6.20. The summed E-state index contributed by atoms with van der Waals surface area (Å²) in [6.07, 6.45) is 13.5. The van der Waals surface area contributed by atoms with Crippen molar-refractivity contribution in [3.05, 3.63) is 16.8 Å². The average Bonchev–Trinajstić information content (AvgIpc) is 3.32. The molecule has 2 aliphatic carbocycles. The lowest BCUT2D eigenvalue weighted by atomic mass is 9.90. The Bertz CT molecular complexity index is 726. The molecule has 4 nitrogen and oxygen atoms in total. The topological polar surface area (TPSA) is 41.1 Å². The van der Waals surface area contributed by atoms with Crippen molar-refractivity contribution in [2.24, 2.45) is 0 Å². The number of hydrogen-bond donors (Lipinski definition) is 1. The summed E-state index contributed by atoms with van der Waals surface area (Å²) in [6.45, 7) is 2.66. The van der Waals surface area contributed by atoms with Crippen LogP contribution in [0.4, 0.5) is 5.82 Å². The standard InChI is InChI=1S/C19H26N4S/c1-2-11-23(10-1)14-8-6-13(7-9-14)22-18-17-15-4-3-5-16(15)24-19(17)21-12-20-18/h12-14H,1-11H2,(H,20,21,22)/t13-,14-. The monoisotopic (exact) mass is 342 g/mol. The van der Waals surface area contributed by atoms with E-state index in [-0.39, 0.29) is 0 Å². The van der Waals surface area contributed by atoms with Gasteiger partial charge in [0.25, 0.3) is 0 Å². The first kappa shape index (κ1) is 15.1. The summed E-state index contributed by atoms with van der Waals surface area (Å²) >= 11 is 1.88. The molecule has 3 aliphatic rings. The predicted molar refractivity (Wildman–Crippen MR) is 99.9 cm³/mol. The maximum Gasteiger partial charge on any atom is 0.138 e. The van der Waals surface area contributed by atoms with E-state index in [1.54, 1.807) is 11.2 Å². The van der Waals surface area contributed by atoms with Crippen LogP contribution in [0.3, 0.4) is 0 Å². The first-order valence-electron chi connectivity index (χ1n) is 9.64. The highest BCUT2D eigenvalue weighted by molar-refractivity contribution is 7.19. The second-order valence-corrected chi connectivity index (χ2v) is 8.74. The van der Waals surface area contributed by atoms with Crippen molar-refractivity contribution in [2.75, 3.05) is 18.4 Å². The number of likely N-dealkylation sites (tertiary alicyclic amines) is 1. The van der Waals surface area contributed by atoms with Crippen molar-refractivity contribution < 1.29 is 0 Å². The minimum atomic E-state index is 0.582. The fourth-order valence-electron chi connectivity index (χ4n) is 4.92. The van der Waals surface area contributed by atoms with Crippen LogP contribution in [-0.4, -0.2) is 40.0 Å². The number of hydrogen-bond acceptors (Lipinski definition) is 5. The SMILES string of the molecule is c1nc(N[C@H]2CC[C@H](N3CCCC3)CC2)c2c3c(sc2n1)CCC3. The molecule has 2 fully saturated rings. The zero-order valence-electron chi connectivity index (χ0n) is 14.3. The number of rotatable bonds is 3. The van der Waals surface area contributed by atoms with Crippen LogP contribution in [0.5, 0.6) is 0 Å². The number of aromatic nitrogens is 2. The number of fused-ring (bicyclic) bond motifs is 3. The zero-order chi connectivity index (χ0) is 15.9. The molecule has 0 spiro atoms. The lowest BCUT2D eigenvalue weighted by Gasteiger charge is -2.35. The third kappa shape index (κ3) is 2.62. The Morgan fingerprint density at radius 3 is 2.67 bits per heavy atom. The molecule has 0 amide bonds. The molecular formula is C19H26N4S. The Morgan fingerprint density at radius 1 is 1.00 bits per heavy atom. The Labute approximate surface area is 147 Å². The summed E-state index contributed by atoms with van der Waals surface area (Å²) in [6, 6.07) is 1.42. The lowest BCUT2D eigenvalue weighted by Crippen LogP contribution is -2.39. The molecule has 2 aromatic rings. The highest BCUT2D eigenvalue weighted by atomic mass is 32.1. The average molecular weight is 343 g/mol. The van der Waals surface area contributed by atoms with Crippen molar-refractivity contribution in [2.45, 2.75) is 69.9 Å². The number of nitrogens with zero attached hydrogens (tertiary/aromatic N) is 3. The van der Waals surface area contributed by atoms with Crippen LogP contribution < -0.4 is 5.32 Å². The van der Waals surface area contributed by atoms with Gasteiger partial charge in [0.2, 0.25) is 0 Å². The maximum absolute atomic E-state index is 4.62. The maximum atomic E-state index is 4.62. The first-order valence-corrected chi connectivity index (χ1v) is 10.5. The Morgan fingerprint density at radius 2 is 1.83 bits per heavy atom. The van der Waals surface area contributed by atoms with Gasteiger partial charge in [-0.1, -0.05) is 0 Å². The largest absolute Gasteiger partial charge is 0.367 e. The fraction of sp³-hybridized carbons (Fsp3) is 0.684. The molecule has 1 saturated carbocycles. The van der Waals surface area contributed by atoms with Crippen molar-refractivity contribution in [3.8, 4) is 0 Å². The molecule has 0 aromatic carbocycles. The highest BCUT2D eigenvalue weighted by Crippen LogP contribution is 2.39. The van der Waals surface area contributed by atoms with Gasteiger partial charge in [-0.25, -0.2) is 9.97 Å². The van der Waals surface area contributed by atoms with Gasteiger partial charge in [0.05, 0.1) is 5.39 Å². The van der Waals surface area contributed by atoms with Crippen LogP contribution in [0.15, 0.2) is 6.33 Å². The Balaban J connectivity index is 1.31. The van der Waals surface area contributed by atoms with E-state index >= 15 is 0 Å². The summed E-state index contributed by atoms with van der Waals surface area (Å²) in [7, 11) is 0. The summed E-state index contributed by atoms with van der Waals surface area (Å²) in [5, 5.41) is 5.12. The summed E-state index contributed by atoms with van der Waals surface area (Å²) in [5.41, 5.74) is 1.53. The normalized spacial score (nSPS) is 27.7. The van der Waals surface area contributed by atoms with Gasteiger partial charge in [0.1, 0.15) is 17.0 Å². The summed E-state index contributed by atoms with van der Waals surface area (Å²) in [4.78, 5) is 14.6. The van der Waals surface area contributed by atoms with Crippen LogP contribution >= 0.6 is 11.3 Å². The van der Waals surface area contributed by atoms with Gasteiger partial charge in [-0.05, 0) is 76.4 Å². The van der Waals surface area contributed by atoms with Crippen molar-refractivity contribution in [1.82, 2.24) is 14.9 Å². The molecule has 1 N–H and O–H groups in total. The second kappa shape index (κ2) is 6.26. The number of thiophene rings is 1. The third-order valence-corrected chi connectivity index (χ3v) is 7.40. The summed E-state index contributed by atoms with van der Waals surface area (Å²) in [5.74, 6) is 1.10. The summed E-state index contributed by atoms with van der Waals surface area (Å²) < 4.78 is 0. The number of nitrogens with one attached hydrogen (secondary N) is 1. The van der Waals surface area contributed by atoms with Crippen molar-refractivity contribution in [1.29, 1.82) is 0 Å². The molecule has 2 aromatic heterocycles. The molecule has 1 aliphatic heterocycles. The van der Waals surface area contributed by atoms with Crippen molar-refractivity contribution >= 4 is 27.4 Å². The van der Waals surface area contributed by atoms with E-state index in [1.807, 2.05) is 11.3 Å². The number of aryl methyl sites for hydroxylation is 2. The molecule has 0 radical (unpaired) electrons. The molecule has 5 heteroatoms. The molecule has 24 heavy (non-hydrogen) atoms. The van der Waals surface area contributed by atoms with E-state index in [9.17, 15) is 0 Å². The highest BCUT2D eigenvalue weighted by Gasteiger charge is 2.28. The predicted octanol–water partition coefficient (Wildman–Crippen LogP) is 4.00. The van der Waals surface area contributed by atoms with E-state index in [1.165, 1.54) is 86.7 Å². The van der Waals surface area contributed by atoms with Gasteiger partial charge in [-0.3, -0.25) is 0 Å². The van der Waals surface area contributed by atoms with Crippen molar-refractivity contribution in [3.63, 3.8) is 0 Å². The van der Waals surface area contributed by atoms with Gasteiger partial charge in [0, 0.05) is 17.0 Å². The van der Waals surface area contributed by atoms with E-state index in [2.05, 4.69) is 20.2 Å². The quantitative estimate of drug-likeness (QED) is 0.915. The van der Waals surface area contributed by atoms with E-state index in [0.29, 0.717) is 6.04 Å². The van der Waals surface area contributed by atoms with Crippen LogP contribution in [0.25, 0.3) is 10.2 Å². The van der Waals surface area contributed by atoms with Gasteiger partial charge in [0.15, 0.2) is 0 Å². The van der Waals surface area contributed by atoms with Crippen LogP contribution in [0.2, 0.25) is 0 Å². The lowest BCUT2D eigenvalue weighted by molar-refractivity contribution is 0.186. The Hall–Kier alpha value is -1.20. The molecule has 3 heterocycles. The smallest absolute Gasteiger partial charge is 0.138 e. The van der Waals surface area contributed by atoms with Crippen LogP contribution in [0, 0.1) is 0 Å². The van der Waals surface area contributed by atoms with E-state index < -0.39 is 0 Å². The van der Waals surface area contributed by atoms with Gasteiger partial charge in [-0.15, -0.1) is 11.3 Å². The minimum absolute atomic E-state index is 0.582. The first-order chi connectivity index (χ1) is 11.9. The van der Waals surface area contributed by atoms with Crippen LogP contribution in [-0.2, 0) is 12.8 Å². The molecule has 5 rings (SSSR count). The van der Waals surface area contributed by atoms with Gasteiger partial charge in [-0.2, -0.15) is 0 Å². The van der Waals surface area contributed by atoms with Crippen LogP contribution in [0.1, 0.15) is 55.4 Å². The molecular weight excluding hydrogens is 316 g/mol.